The second-order valence-corrected chi connectivity index (χ2v) is 6.88. The molecular weight excluding hydrogens is 266 g/mol. The maximum Gasteiger partial charge on any atom is 0.243 e. The van der Waals surface area contributed by atoms with E-state index in [0.717, 1.165) is 32.1 Å². The zero-order chi connectivity index (χ0) is 15.4. The van der Waals surface area contributed by atoms with Crippen LogP contribution >= 0.6 is 0 Å². The Bertz CT molecular complexity index is 380. The number of carbonyl (C=O) groups excluding carboxylic acids is 2. The van der Waals surface area contributed by atoms with Crippen LogP contribution in [0.4, 0.5) is 0 Å². The zero-order valence-electron chi connectivity index (χ0n) is 13.3. The Balaban J connectivity index is 2.02. The number of rotatable bonds is 7. The van der Waals surface area contributed by atoms with E-state index in [-0.39, 0.29) is 23.9 Å². The van der Waals surface area contributed by atoms with Crippen LogP contribution in [0.2, 0.25) is 0 Å². The smallest absolute Gasteiger partial charge is 0.243 e. The zero-order valence-corrected chi connectivity index (χ0v) is 13.3. The molecule has 1 saturated carbocycles. The minimum Gasteiger partial charge on any atom is -0.350 e. The molecule has 2 aliphatic rings. The van der Waals surface area contributed by atoms with E-state index in [1.54, 1.807) is 4.90 Å². The van der Waals surface area contributed by atoms with E-state index >= 15 is 0 Å². The Kier molecular flexibility index (Phi) is 5.62. The molecule has 1 aliphatic carbocycles. The lowest BCUT2D eigenvalue weighted by Crippen LogP contribution is -2.55. The molecule has 1 saturated heterocycles. The molecule has 2 atom stereocenters. The molecule has 0 aromatic heterocycles. The lowest BCUT2D eigenvalue weighted by molar-refractivity contribution is -0.143. The van der Waals surface area contributed by atoms with Crippen molar-refractivity contribution in [2.24, 2.45) is 17.6 Å². The summed E-state index contributed by atoms with van der Waals surface area (Å²) in [6.45, 7) is 5.38. The van der Waals surface area contributed by atoms with E-state index in [4.69, 9.17) is 5.73 Å². The third-order valence-electron chi connectivity index (χ3n) is 4.51. The number of nitrogens with zero attached hydrogens (tertiary/aromatic N) is 1. The van der Waals surface area contributed by atoms with E-state index in [1.807, 2.05) is 0 Å². The van der Waals surface area contributed by atoms with Crippen LogP contribution in [-0.4, -0.2) is 41.9 Å². The third-order valence-corrected chi connectivity index (χ3v) is 4.51. The van der Waals surface area contributed by atoms with Gasteiger partial charge in [-0.05, 0) is 43.9 Å². The monoisotopic (exact) mass is 295 g/mol. The summed E-state index contributed by atoms with van der Waals surface area (Å²) in [5, 5.41) is 3.09. The molecule has 2 amide bonds. The molecule has 2 fully saturated rings. The van der Waals surface area contributed by atoms with E-state index < -0.39 is 0 Å². The molecule has 0 bridgehead atoms. The summed E-state index contributed by atoms with van der Waals surface area (Å²) in [5.74, 6) is 1.03. The van der Waals surface area contributed by atoms with Gasteiger partial charge in [0, 0.05) is 25.6 Å². The van der Waals surface area contributed by atoms with Crippen LogP contribution < -0.4 is 11.1 Å². The molecule has 2 rings (SSSR count). The van der Waals surface area contributed by atoms with Crippen LogP contribution in [0.25, 0.3) is 0 Å². The number of likely N-dealkylation sites (tertiary alicyclic amines) is 1. The normalized spacial score (nSPS) is 22.3. The fraction of sp³-hybridized carbons (Fsp3) is 0.875. The van der Waals surface area contributed by atoms with Crippen molar-refractivity contribution < 1.29 is 9.59 Å². The minimum atomic E-state index is -0.328. The van der Waals surface area contributed by atoms with Crippen LogP contribution in [0, 0.1) is 11.8 Å². The van der Waals surface area contributed by atoms with Crippen LogP contribution in [-0.2, 0) is 9.59 Å². The number of carbonyl (C=O) groups is 2. The first kappa shape index (κ1) is 16.3. The molecule has 120 valence electrons. The average molecular weight is 295 g/mol. The Labute approximate surface area is 127 Å². The van der Waals surface area contributed by atoms with Crippen molar-refractivity contribution in [1.82, 2.24) is 10.2 Å². The highest BCUT2D eigenvalue weighted by Gasteiger charge is 2.36. The van der Waals surface area contributed by atoms with Crippen molar-refractivity contribution in [1.29, 1.82) is 0 Å². The van der Waals surface area contributed by atoms with E-state index in [0.29, 0.717) is 31.3 Å². The quantitative estimate of drug-likeness (QED) is 0.742. The Morgan fingerprint density at radius 1 is 1.38 bits per heavy atom. The lowest BCUT2D eigenvalue weighted by Gasteiger charge is -2.35. The highest BCUT2D eigenvalue weighted by atomic mass is 16.2. The van der Waals surface area contributed by atoms with E-state index in [9.17, 15) is 9.59 Å². The minimum absolute atomic E-state index is 0.0127. The molecule has 2 unspecified atom stereocenters. The van der Waals surface area contributed by atoms with Gasteiger partial charge in [-0.3, -0.25) is 9.59 Å². The number of hydrogen-bond acceptors (Lipinski definition) is 3. The van der Waals surface area contributed by atoms with Gasteiger partial charge in [0.1, 0.15) is 6.04 Å². The summed E-state index contributed by atoms with van der Waals surface area (Å²) < 4.78 is 0. The molecule has 0 spiro atoms. The fourth-order valence-electron chi connectivity index (χ4n) is 3.13. The van der Waals surface area contributed by atoms with Gasteiger partial charge >= 0.3 is 0 Å². The topological polar surface area (TPSA) is 75.4 Å². The molecule has 5 nitrogen and oxygen atoms in total. The second-order valence-electron chi connectivity index (χ2n) is 6.88. The van der Waals surface area contributed by atoms with Gasteiger partial charge in [0.2, 0.25) is 11.8 Å². The summed E-state index contributed by atoms with van der Waals surface area (Å²) in [4.78, 5) is 26.6. The highest BCUT2D eigenvalue weighted by molar-refractivity contribution is 5.88. The summed E-state index contributed by atoms with van der Waals surface area (Å²) in [6.07, 6.45) is 5.54. The predicted octanol–water partition coefficient (Wildman–Crippen LogP) is 1.27. The maximum absolute atomic E-state index is 12.7. The molecule has 0 aromatic carbocycles. The number of hydrogen-bond donors (Lipinski definition) is 2. The first-order valence-corrected chi connectivity index (χ1v) is 8.32. The maximum atomic E-state index is 12.7. The summed E-state index contributed by atoms with van der Waals surface area (Å²) >= 11 is 0. The molecule has 21 heavy (non-hydrogen) atoms. The van der Waals surface area contributed by atoms with Gasteiger partial charge in [-0.1, -0.05) is 13.8 Å². The predicted molar refractivity (Wildman–Crippen MR) is 82.5 cm³/mol. The molecule has 1 heterocycles. The number of nitrogens with one attached hydrogen (secondary N) is 1. The van der Waals surface area contributed by atoms with E-state index in [2.05, 4.69) is 19.2 Å². The number of nitrogens with two attached hydrogens (primary N) is 1. The molecule has 1 aliphatic heterocycles. The number of amides is 2. The summed E-state index contributed by atoms with van der Waals surface area (Å²) in [7, 11) is 0. The van der Waals surface area contributed by atoms with Crippen molar-refractivity contribution in [3.05, 3.63) is 0 Å². The lowest BCUT2D eigenvalue weighted by atomic mass is 9.98. The fourth-order valence-corrected chi connectivity index (χ4v) is 3.13. The Hall–Kier alpha value is -1.10. The van der Waals surface area contributed by atoms with Gasteiger partial charge in [0.05, 0.1) is 0 Å². The second kappa shape index (κ2) is 7.25. The Morgan fingerprint density at radius 2 is 2.10 bits per heavy atom. The molecule has 3 N–H and O–H groups in total. The summed E-state index contributed by atoms with van der Waals surface area (Å²) in [6, 6.07) is -0.252. The Morgan fingerprint density at radius 3 is 2.62 bits per heavy atom. The van der Waals surface area contributed by atoms with Crippen LogP contribution in [0.1, 0.15) is 52.4 Å². The molecule has 5 heteroatoms. The standard InChI is InChI=1S/C16H29N3O2/c1-11(2)9-14(19-8-4-3-5-15(19)20)16(21)18-13(10-17)12-6-7-12/h11-14H,3-10,17H2,1-2H3,(H,18,21). The van der Waals surface area contributed by atoms with Crippen LogP contribution in [0.3, 0.4) is 0 Å². The molecule has 0 aromatic rings. The van der Waals surface area contributed by atoms with Crippen LogP contribution in [0.15, 0.2) is 0 Å². The van der Waals surface area contributed by atoms with Crippen molar-refractivity contribution in [2.45, 2.75) is 64.5 Å². The third kappa shape index (κ3) is 4.43. The van der Waals surface area contributed by atoms with Gasteiger partial charge in [-0.15, -0.1) is 0 Å². The van der Waals surface area contributed by atoms with Crippen LogP contribution in [0.5, 0.6) is 0 Å². The SMILES string of the molecule is CC(C)CC(C(=O)NC(CN)C1CC1)N1CCCCC1=O. The highest BCUT2D eigenvalue weighted by Crippen LogP contribution is 2.32. The van der Waals surface area contributed by atoms with Gasteiger partial charge in [0.15, 0.2) is 0 Å². The van der Waals surface area contributed by atoms with Crippen molar-refractivity contribution >= 4 is 11.8 Å². The molecule has 0 radical (unpaired) electrons. The molecular formula is C16H29N3O2. The van der Waals surface area contributed by atoms with Gasteiger partial charge in [-0.25, -0.2) is 0 Å². The van der Waals surface area contributed by atoms with E-state index in [1.165, 1.54) is 0 Å². The van der Waals surface area contributed by atoms with Crippen molar-refractivity contribution in [3.63, 3.8) is 0 Å². The van der Waals surface area contributed by atoms with Gasteiger partial charge in [-0.2, -0.15) is 0 Å². The van der Waals surface area contributed by atoms with Gasteiger partial charge < -0.3 is 16.0 Å². The van der Waals surface area contributed by atoms with Gasteiger partial charge in [0.25, 0.3) is 0 Å². The number of piperidine rings is 1. The van der Waals surface area contributed by atoms with Crippen molar-refractivity contribution in [3.8, 4) is 0 Å². The van der Waals surface area contributed by atoms with Crippen molar-refractivity contribution in [2.75, 3.05) is 13.1 Å². The first-order valence-electron chi connectivity index (χ1n) is 8.32. The first-order chi connectivity index (χ1) is 10.0. The average Bonchev–Trinajstić information content (AvgIpc) is 3.27. The largest absolute Gasteiger partial charge is 0.350 e. The summed E-state index contributed by atoms with van der Waals surface area (Å²) in [5.41, 5.74) is 5.77.